The molecule has 0 fully saturated rings. The maximum absolute atomic E-state index is 6.18. The first kappa shape index (κ1) is 15.8. The Labute approximate surface area is 126 Å². The fourth-order valence-electron chi connectivity index (χ4n) is 3.00. The highest BCUT2D eigenvalue weighted by Gasteiger charge is 2.21. The smallest absolute Gasteiger partial charge is 0.202 e. The average Bonchev–Trinajstić information content (AvgIpc) is 2.94. The van der Waals surface area contributed by atoms with E-state index in [1.165, 1.54) is 0 Å². The van der Waals surface area contributed by atoms with Crippen molar-refractivity contribution in [2.45, 2.75) is 46.6 Å². The predicted octanol–water partition coefficient (Wildman–Crippen LogP) is 2.21. The predicted molar refractivity (Wildman–Crippen MR) is 87.4 cm³/mol. The minimum absolute atomic E-state index is 0.278. The van der Waals surface area contributed by atoms with Crippen LogP contribution in [0, 0.1) is 0 Å². The molecule has 2 aromatic heterocycles. The third-order valence-electron chi connectivity index (χ3n) is 4.11. The van der Waals surface area contributed by atoms with Crippen molar-refractivity contribution in [3.05, 3.63) is 5.69 Å². The van der Waals surface area contributed by atoms with E-state index in [1.54, 1.807) is 0 Å². The second-order valence-corrected chi connectivity index (χ2v) is 5.67. The number of rotatable bonds is 7. The fourth-order valence-corrected chi connectivity index (χ4v) is 3.00. The zero-order chi connectivity index (χ0) is 15.6. The summed E-state index contributed by atoms with van der Waals surface area (Å²) in [7, 11) is 1.98. The molecule has 6 nitrogen and oxygen atoms in total. The molecule has 21 heavy (non-hydrogen) atoms. The number of aromatic nitrogens is 4. The lowest BCUT2D eigenvalue weighted by atomic mass is 10.2. The van der Waals surface area contributed by atoms with Crippen LogP contribution in [0.4, 0.5) is 5.95 Å². The molecule has 0 aliphatic heterocycles. The Kier molecular flexibility index (Phi) is 4.88. The highest BCUT2D eigenvalue weighted by Crippen LogP contribution is 2.26. The molecule has 2 heterocycles. The van der Waals surface area contributed by atoms with Crippen LogP contribution in [0.5, 0.6) is 0 Å². The summed E-state index contributed by atoms with van der Waals surface area (Å²) in [5.74, 6) is 0.593. The van der Waals surface area contributed by atoms with Gasteiger partial charge in [-0.2, -0.15) is 5.10 Å². The van der Waals surface area contributed by atoms with Crippen LogP contribution in [0.2, 0.25) is 0 Å². The standard InChI is InChI=1S/C15H28N6/c1-6-9-12-13-14(19(5)18-12)21(15(16)17-13)11(4)10-20(7-2)8-3/h11H,6-10H2,1-5H3,(H2,16,17). The zero-order valence-corrected chi connectivity index (χ0v) is 13.9. The molecule has 0 bridgehead atoms. The van der Waals surface area contributed by atoms with Gasteiger partial charge in [-0.3, -0.25) is 9.25 Å². The van der Waals surface area contributed by atoms with Crippen molar-refractivity contribution in [3.63, 3.8) is 0 Å². The number of hydrogen-bond donors (Lipinski definition) is 1. The van der Waals surface area contributed by atoms with Gasteiger partial charge in [-0.05, 0) is 26.4 Å². The first-order valence-corrected chi connectivity index (χ1v) is 7.94. The Bertz CT molecular complexity index is 593. The molecule has 2 aromatic rings. The molecule has 0 radical (unpaired) electrons. The van der Waals surface area contributed by atoms with Crippen LogP contribution in [0.3, 0.4) is 0 Å². The van der Waals surface area contributed by atoms with Crippen molar-refractivity contribution < 1.29 is 0 Å². The van der Waals surface area contributed by atoms with Gasteiger partial charge in [0.2, 0.25) is 5.95 Å². The van der Waals surface area contributed by atoms with Gasteiger partial charge in [-0.25, -0.2) is 4.98 Å². The molecular weight excluding hydrogens is 264 g/mol. The molecule has 0 saturated carbocycles. The van der Waals surface area contributed by atoms with Crippen LogP contribution in [0.1, 0.15) is 45.9 Å². The molecule has 2 rings (SSSR count). The summed E-state index contributed by atoms with van der Waals surface area (Å²) >= 11 is 0. The number of nitrogens with two attached hydrogens (primary N) is 1. The molecule has 1 atom stereocenters. The number of anilines is 1. The van der Waals surface area contributed by atoms with Gasteiger partial charge in [0.05, 0.1) is 5.69 Å². The second kappa shape index (κ2) is 6.47. The summed E-state index contributed by atoms with van der Waals surface area (Å²) in [4.78, 5) is 6.97. The number of fused-ring (bicyclic) bond motifs is 1. The molecule has 0 aromatic carbocycles. The monoisotopic (exact) mass is 292 g/mol. The summed E-state index contributed by atoms with van der Waals surface area (Å²) in [6, 6.07) is 0.278. The van der Waals surface area contributed by atoms with Crippen LogP contribution in [0.15, 0.2) is 0 Å². The lowest BCUT2D eigenvalue weighted by Crippen LogP contribution is -2.30. The van der Waals surface area contributed by atoms with Crippen LogP contribution in [-0.4, -0.2) is 43.9 Å². The van der Waals surface area contributed by atoms with E-state index in [4.69, 9.17) is 5.73 Å². The lowest BCUT2D eigenvalue weighted by Gasteiger charge is -2.24. The Morgan fingerprint density at radius 3 is 2.48 bits per heavy atom. The fraction of sp³-hybridized carbons (Fsp3) is 0.733. The minimum atomic E-state index is 0.278. The van der Waals surface area contributed by atoms with Crippen LogP contribution < -0.4 is 5.73 Å². The van der Waals surface area contributed by atoms with Gasteiger partial charge in [0, 0.05) is 19.6 Å². The highest BCUT2D eigenvalue weighted by atomic mass is 15.4. The molecule has 0 amide bonds. The number of nitrogen functional groups attached to an aromatic ring is 1. The van der Waals surface area contributed by atoms with E-state index in [9.17, 15) is 0 Å². The normalized spacial score (nSPS) is 13.4. The highest BCUT2D eigenvalue weighted by molar-refractivity contribution is 5.78. The Morgan fingerprint density at radius 1 is 1.24 bits per heavy atom. The van der Waals surface area contributed by atoms with E-state index in [-0.39, 0.29) is 6.04 Å². The van der Waals surface area contributed by atoms with Crippen molar-refractivity contribution in [2.75, 3.05) is 25.4 Å². The number of likely N-dealkylation sites (N-methyl/N-ethyl adjacent to an activating group) is 1. The van der Waals surface area contributed by atoms with Gasteiger partial charge in [-0.15, -0.1) is 0 Å². The van der Waals surface area contributed by atoms with E-state index in [2.05, 4.69) is 47.2 Å². The van der Waals surface area contributed by atoms with Gasteiger partial charge in [0.15, 0.2) is 5.65 Å². The van der Waals surface area contributed by atoms with E-state index >= 15 is 0 Å². The SMILES string of the molecule is CCCc1nn(C)c2c1nc(N)n2C(C)CN(CC)CC. The van der Waals surface area contributed by atoms with E-state index in [0.717, 1.165) is 49.3 Å². The molecule has 1 unspecified atom stereocenters. The van der Waals surface area contributed by atoms with Gasteiger partial charge in [-0.1, -0.05) is 27.2 Å². The number of imidazole rings is 1. The maximum Gasteiger partial charge on any atom is 0.202 e. The van der Waals surface area contributed by atoms with Crippen LogP contribution in [0.25, 0.3) is 11.2 Å². The summed E-state index contributed by atoms with van der Waals surface area (Å²) in [5, 5.41) is 4.61. The van der Waals surface area contributed by atoms with Crippen molar-refractivity contribution >= 4 is 17.1 Å². The topological polar surface area (TPSA) is 64.9 Å². The lowest BCUT2D eigenvalue weighted by molar-refractivity contribution is 0.263. The summed E-state index contributed by atoms with van der Waals surface area (Å²) < 4.78 is 4.04. The Hall–Kier alpha value is -1.56. The molecule has 0 spiro atoms. The second-order valence-electron chi connectivity index (χ2n) is 5.67. The zero-order valence-electron chi connectivity index (χ0n) is 13.9. The third kappa shape index (κ3) is 2.90. The van der Waals surface area contributed by atoms with Gasteiger partial charge >= 0.3 is 0 Å². The first-order valence-electron chi connectivity index (χ1n) is 7.94. The molecule has 2 N–H and O–H groups in total. The molecule has 0 aliphatic rings. The third-order valence-corrected chi connectivity index (χ3v) is 4.11. The molecule has 0 aliphatic carbocycles. The summed E-state index contributed by atoms with van der Waals surface area (Å²) in [5.41, 5.74) is 9.23. The van der Waals surface area contributed by atoms with E-state index in [1.807, 2.05) is 11.7 Å². The van der Waals surface area contributed by atoms with Gasteiger partial charge in [0.1, 0.15) is 5.52 Å². The van der Waals surface area contributed by atoms with Crippen molar-refractivity contribution in [1.29, 1.82) is 0 Å². The van der Waals surface area contributed by atoms with Crippen LogP contribution in [-0.2, 0) is 13.5 Å². The Morgan fingerprint density at radius 2 is 1.90 bits per heavy atom. The van der Waals surface area contributed by atoms with Gasteiger partial charge in [0.25, 0.3) is 0 Å². The summed E-state index contributed by atoms with van der Waals surface area (Å²) in [6.07, 6.45) is 2.01. The minimum Gasteiger partial charge on any atom is -0.369 e. The molecular formula is C15H28N6. The van der Waals surface area contributed by atoms with E-state index < -0.39 is 0 Å². The van der Waals surface area contributed by atoms with Crippen molar-refractivity contribution in [2.24, 2.45) is 7.05 Å². The number of nitrogens with zero attached hydrogens (tertiary/aromatic N) is 5. The number of aryl methyl sites for hydroxylation is 2. The van der Waals surface area contributed by atoms with Crippen LogP contribution >= 0.6 is 0 Å². The van der Waals surface area contributed by atoms with E-state index in [0.29, 0.717) is 5.95 Å². The van der Waals surface area contributed by atoms with Crippen molar-refractivity contribution in [3.8, 4) is 0 Å². The summed E-state index contributed by atoms with van der Waals surface area (Å²) in [6.45, 7) is 11.8. The molecule has 0 saturated heterocycles. The average molecular weight is 292 g/mol. The maximum atomic E-state index is 6.18. The molecule has 118 valence electrons. The van der Waals surface area contributed by atoms with Crippen molar-refractivity contribution in [1.82, 2.24) is 24.2 Å². The quantitative estimate of drug-likeness (QED) is 0.849. The largest absolute Gasteiger partial charge is 0.369 e. The number of hydrogen-bond acceptors (Lipinski definition) is 4. The molecule has 6 heteroatoms. The Balaban J connectivity index is 2.41. The first-order chi connectivity index (χ1) is 10.0. The van der Waals surface area contributed by atoms with Gasteiger partial charge < -0.3 is 10.6 Å².